The molecule has 1 saturated carbocycles. The second-order valence-corrected chi connectivity index (χ2v) is 6.54. The van der Waals surface area contributed by atoms with Gasteiger partial charge in [-0.05, 0) is 50.6 Å². The summed E-state index contributed by atoms with van der Waals surface area (Å²) in [5, 5.41) is 2.83. The molecule has 1 saturated heterocycles. The third-order valence-electron chi connectivity index (χ3n) is 5.33. The highest BCUT2D eigenvalue weighted by Crippen LogP contribution is 2.37. The van der Waals surface area contributed by atoms with Crippen molar-refractivity contribution in [2.75, 3.05) is 20.1 Å². The van der Waals surface area contributed by atoms with E-state index < -0.39 is 0 Å². The molecule has 4 nitrogen and oxygen atoms in total. The third kappa shape index (κ3) is 3.34. The summed E-state index contributed by atoms with van der Waals surface area (Å²) in [6, 6.07) is 0.606. The quantitative estimate of drug-likeness (QED) is 0.807. The first-order chi connectivity index (χ1) is 9.71. The van der Waals surface area contributed by atoms with Crippen molar-refractivity contribution < 1.29 is 4.79 Å². The summed E-state index contributed by atoms with van der Waals surface area (Å²) in [6.07, 6.45) is 8.54. The van der Waals surface area contributed by atoms with E-state index in [1.165, 1.54) is 32.1 Å². The Morgan fingerprint density at radius 2 is 2.15 bits per heavy atom. The topological polar surface area (TPSA) is 58.4 Å². The lowest BCUT2D eigenvalue weighted by atomic mass is 9.75. The highest BCUT2D eigenvalue weighted by Gasteiger charge is 2.40. The molecule has 2 rings (SSSR count). The Kier molecular flexibility index (Phi) is 5.85. The molecule has 4 unspecified atom stereocenters. The number of likely N-dealkylation sites (N-methyl/N-ethyl adjacent to an activating group) is 1. The number of rotatable bonds is 5. The molecule has 1 heterocycles. The average Bonchev–Trinajstić information content (AvgIpc) is 2.96. The lowest BCUT2D eigenvalue weighted by Gasteiger charge is -2.43. The van der Waals surface area contributed by atoms with Crippen LogP contribution in [0.2, 0.25) is 0 Å². The van der Waals surface area contributed by atoms with Gasteiger partial charge in [0.25, 0.3) is 0 Å². The van der Waals surface area contributed by atoms with Crippen LogP contribution in [0.3, 0.4) is 0 Å². The van der Waals surface area contributed by atoms with Crippen molar-refractivity contribution in [2.45, 2.75) is 64.0 Å². The van der Waals surface area contributed by atoms with Crippen LogP contribution >= 0.6 is 0 Å². The van der Waals surface area contributed by atoms with Crippen LogP contribution in [0.5, 0.6) is 0 Å². The van der Waals surface area contributed by atoms with Crippen molar-refractivity contribution in [1.82, 2.24) is 10.2 Å². The van der Waals surface area contributed by atoms with E-state index in [0.717, 1.165) is 31.8 Å². The summed E-state index contributed by atoms with van der Waals surface area (Å²) in [7, 11) is 1.75. The first kappa shape index (κ1) is 15.8. The minimum absolute atomic E-state index is 0.0828. The lowest BCUT2D eigenvalue weighted by Crippen LogP contribution is -2.52. The molecule has 0 spiro atoms. The van der Waals surface area contributed by atoms with Gasteiger partial charge in [0, 0.05) is 13.1 Å². The zero-order valence-corrected chi connectivity index (χ0v) is 13.1. The molecule has 0 aromatic heterocycles. The van der Waals surface area contributed by atoms with Gasteiger partial charge in [0.05, 0.1) is 6.04 Å². The molecule has 4 heteroatoms. The van der Waals surface area contributed by atoms with Crippen molar-refractivity contribution in [3.05, 3.63) is 0 Å². The maximum absolute atomic E-state index is 12.1. The van der Waals surface area contributed by atoms with Crippen LogP contribution in [0.4, 0.5) is 0 Å². The number of carbonyl (C=O) groups excluding carboxylic acids is 1. The molecule has 1 aliphatic carbocycles. The minimum atomic E-state index is 0.0828. The number of nitrogens with one attached hydrogen (secondary N) is 1. The number of likely N-dealkylation sites (tertiary alicyclic amines) is 1. The van der Waals surface area contributed by atoms with Crippen LogP contribution < -0.4 is 11.1 Å². The zero-order valence-electron chi connectivity index (χ0n) is 13.1. The summed E-state index contributed by atoms with van der Waals surface area (Å²) >= 11 is 0. The normalized spacial score (nSPS) is 35.1. The molecule has 1 amide bonds. The first-order valence-corrected chi connectivity index (χ1v) is 8.38. The Morgan fingerprint density at radius 3 is 2.80 bits per heavy atom. The Bertz CT molecular complexity index is 321. The van der Waals surface area contributed by atoms with E-state index in [1.54, 1.807) is 7.05 Å². The van der Waals surface area contributed by atoms with E-state index in [2.05, 4.69) is 17.1 Å². The van der Waals surface area contributed by atoms with E-state index in [9.17, 15) is 4.79 Å². The molecule has 0 radical (unpaired) electrons. The number of carbonyl (C=O) groups is 1. The lowest BCUT2D eigenvalue weighted by molar-refractivity contribution is -0.126. The number of hydrogen-bond donors (Lipinski definition) is 2. The van der Waals surface area contributed by atoms with Gasteiger partial charge in [-0.25, -0.2) is 0 Å². The highest BCUT2D eigenvalue weighted by molar-refractivity contribution is 5.81. The molecular weight excluding hydrogens is 250 g/mol. The molecule has 20 heavy (non-hydrogen) atoms. The van der Waals surface area contributed by atoms with Crippen molar-refractivity contribution in [2.24, 2.45) is 17.6 Å². The van der Waals surface area contributed by atoms with Crippen molar-refractivity contribution in [3.63, 3.8) is 0 Å². The Labute approximate surface area is 123 Å². The predicted octanol–water partition coefficient (Wildman–Crippen LogP) is 1.74. The van der Waals surface area contributed by atoms with Gasteiger partial charge in [0.1, 0.15) is 0 Å². The van der Waals surface area contributed by atoms with Gasteiger partial charge in [0.2, 0.25) is 5.91 Å². The minimum Gasteiger partial charge on any atom is -0.358 e. The van der Waals surface area contributed by atoms with E-state index in [-0.39, 0.29) is 11.9 Å². The fourth-order valence-electron chi connectivity index (χ4n) is 4.28. The summed E-state index contributed by atoms with van der Waals surface area (Å²) in [5.74, 6) is 1.60. The number of amides is 1. The Balaban J connectivity index is 2.07. The van der Waals surface area contributed by atoms with Crippen molar-refractivity contribution in [1.29, 1.82) is 0 Å². The predicted molar refractivity (Wildman–Crippen MR) is 82.4 cm³/mol. The molecule has 0 aromatic carbocycles. The summed E-state index contributed by atoms with van der Waals surface area (Å²) in [6.45, 7) is 4.10. The number of hydrogen-bond acceptors (Lipinski definition) is 3. The molecule has 0 aromatic rings. The van der Waals surface area contributed by atoms with Crippen LogP contribution in [0.25, 0.3) is 0 Å². The molecule has 3 N–H and O–H groups in total. The van der Waals surface area contributed by atoms with Gasteiger partial charge >= 0.3 is 0 Å². The van der Waals surface area contributed by atoms with Gasteiger partial charge in [-0.2, -0.15) is 0 Å². The van der Waals surface area contributed by atoms with Crippen LogP contribution in [0.15, 0.2) is 0 Å². The molecule has 2 aliphatic rings. The third-order valence-corrected chi connectivity index (χ3v) is 5.33. The summed E-state index contributed by atoms with van der Waals surface area (Å²) in [5.41, 5.74) is 6.01. The highest BCUT2D eigenvalue weighted by atomic mass is 16.2. The second kappa shape index (κ2) is 7.41. The van der Waals surface area contributed by atoms with Gasteiger partial charge in [-0.15, -0.1) is 0 Å². The first-order valence-electron chi connectivity index (χ1n) is 8.38. The van der Waals surface area contributed by atoms with Crippen LogP contribution in [-0.2, 0) is 4.79 Å². The van der Waals surface area contributed by atoms with Gasteiger partial charge < -0.3 is 11.1 Å². The van der Waals surface area contributed by atoms with Crippen LogP contribution in [0.1, 0.15) is 51.9 Å². The Hall–Kier alpha value is -0.610. The summed E-state index contributed by atoms with van der Waals surface area (Å²) < 4.78 is 0. The molecule has 4 atom stereocenters. The zero-order chi connectivity index (χ0) is 14.5. The molecule has 0 bridgehead atoms. The largest absolute Gasteiger partial charge is 0.358 e. The fraction of sp³-hybridized carbons (Fsp3) is 0.938. The number of nitrogens with zero attached hydrogens (tertiary/aromatic N) is 1. The molecule has 116 valence electrons. The monoisotopic (exact) mass is 281 g/mol. The van der Waals surface area contributed by atoms with Gasteiger partial charge in [-0.1, -0.05) is 26.2 Å². The molecule has 1 aliphatic heterocycles. The van der Waals surface area contributed by atoms with Gasteiger partial charge in [0.15, 0.2) is 0 Å². The van der Waals surface area contributed by atoms with E-state index in [0.29, 0.717) is 12.0 Å². The SMILES string of the molecule is CCCC1CCC(CN)C(N2CCCC2C(=O)NC)C1. The fourth-order valence-corrected chi connectivity index (χ4v) is 4.28. The maximum atomic E-state index is 12.1. The summed E-state index contributed by atoms with van der Waals surface area (Å²) in [4.78, 5) is 14.6. The van der Waals surface area contributed by atoms with E-state index in [1.807, 2.05) is 0 Å². The van der Waals surface area contributed by atoms with Gasteiger partial charge in [-0.3, -0.25) is 9.69 Å². The smallest absolute Gasteiger partial charge is 0.237 e. The van der Waals surface area contributed by atoms with Crippen LogP contribution in [0, 0.1) is 11.8 Å². The standard InChI is InChI=1S/C16H31N3O/c1-3-5-12-7-8-13(11-17)15(10-12)19-9-4-6-14(19)16(20)18-2/h12-15H,3-11,17H2,1-2H3,(H,18,20). The maximum Gasteiger partial charge on any atom is 0.237 e. The van der Waals surface area contributed by atoms with Crippen molar-refractivity contribution in [3.8, 4) is 0 Å². The molecule has 2 fully saturated rings. The van der Waals surface area contributed by atoms with E-state index in [4.69, 9.17) is 5.73 Å². The molecular formula is C16H31N3O. The Morgan fingerprint density at radius 1 is 1.35 bits per heavy atom. The van der Waals surface area contributed by atoms with Crippen molar-refractivity contribution >= 4 is 5.91 Å². The van der Waals surface area contributed by atoms with Crippen LogP contribution in [-0.4, -0.2) is 43.0 Å². The number of nitrogens with two attached hydrogens (primary N) is 1. The second-order valence-electron chi connectivity index (χ2n) is 6.54. The van der Waals surface area contributed by atoms with E-state index >= 15 is 0 Å². The average molecular weight is 281 g/mol.